The molecule has 108 valence electrons. The van der Waals surface area contributed by atoms with Gasteiger partial charge in [-0.2, -0.15) is 0 Å². The van der Waals surface area contributed by atoms with Crippen molar-refractivity contribution in [1.29, 1.82) is 0 Å². The first kappa shape index (κ1) is 15.6. The number of aryl methyl sites for hydroxylation is 1. The van der Waals surface area contributed by atoms with E-state index in [0.717, 1.165) is 22.3 Å². The van der Waals surface area contributed by atoms with Gasteiger partial charge in [0.25, 0.3) is 0 Å². The van der Waals surface area contributed by atoms with Crippen molar-refractivity contribution in [1.82, 2.24) is 0 Å². The van der Waals surface area contributed by atoms with Crippen molar-refractivity contribution in [2.45, 2.75) is 26.7 Å². The highest BCUT2D eigenvalue weighted by Crippen LogP contribution is 2.31. The summed E-state index contributed by atoms with van der Waals surface area (Å²) in [6, 6.07) is 6.04. The van der Waals surface area contributed by atoms with E-state index in [4.69, 9.17) is 0 Å². The first-order valence-corrected chi connectivity index (χ1v) is 8.51. The number of halogens is 1. The predicted octanol–water partition coefficient (Wildman–Crippen LogP) is 3.64. The Labute approximate surface area is 132 Å². The molecule has 1 unspecified atom stereocenters. The minimum atomic E-state index is 0.119. The number of carbonyl (C=O) groups excluding carboxylic acids is 2. The Hall–Kier alpha value is -0.810. The van der Waals surface area contributed by atoms with Crippen molar-refractivity contribution in [3.63, 3.8) is 0 Å². The molecule has 0 aliphatic carbocycles. The predicted molar refractivity (Wildman–Crippen MR) is 87.1 cm³/mol. The Balaban J connectivity index is 2.13. The molecule has 0 N–H and O–H groups in total. The van der Waals surface area contributed by atoms with Crippen LogP contribution >= 0.6 is 27.7 Å². The molecule has 0 radical (unpaired) electrons. The van der Waals surface area contributed by atoms with Crippen LogP contribution in [0.25, 0.3) is 0 Å². The van der Waals surface area contributed by atoms with E-state index in [1.165, 1.54) is 17.3 Å². The smallest absolute Gasteiger partial charge is 0.227 e. The molecule has 1 atom stereocenters. The average molecular weight is 356 g/mol. The van der Waals surface area contributed by atoms with E-state index in [-0.39, 0.29) is 16.9 Å². The zero-order valence-corrected chi connectivity index (χ0v) is 14.1. The topological polar surface area (TPSA) is 37.4 Å². The molecule has 1 saturated heterocycles. The Kier molecular flexibility index (Phi) is 5.27. The molecule has 0 spiro atoms. The molecule has 0 bridgehead atoms. The van der Waals surface area contributed by atoms with Crippen LogP contribution in [0.3, 0.4) is 0 Å². The summed E-state index contributed by atoms with van der Waals surface area (Å²) < 4.78 is 1.04. The molecular formula is C15H18BrNO2S. The Morgan fingerprint density at radius 2 is 2.25 bits per heavy atom. The van der Waals surface area contributed by atoms with E-state index in [1.54, 1.807) is 6.92 Å². The number of benzene rings is 1. The number of amides is 1. The monoisotopic (exact) mass is 355 g/mol. The summed E-state index contributed by atoms with van der Waals surface area (Å²) in [6.07, 6.45) is 1.44. The summed E-state index contributed by atoms with van der Waals surface area (Å²) in [4.78, 5) is 25.1. The van der Waals surface area contributed by atoms with Gasteiger partial charge < -0.3 is 4.90 Å². The summed E-state index contributed by atoms with van der Waals surface area (Å²) in [5.41, 5.74) is 2.18. The van der Waals surface area contributed by atoms with Gasteiger partial charge in [-0.1, -0.05) is 34.6 Å². The van der Waals surface area contributed by atoms with E-state index in [9.17, 15) is 9.59 Å². The zero-order chi connectivity index (χ0) is 14.7. The maximum Gasteiger partial charge on any atom is 0.227 e. The molecule has 1 aromatic carbocycles. The normalized spacial score (nSPS) is 18.6. The molecule has 1 fully saturated rings. The maximum atomic E-state index is 12.2. The van der Waals surface area contributed by atoms with Crippen LogP contribution in [-0.2, 0) is 16.0 Å². The van der Waals surface area contributed by atoms with Crippen molar-refractivity contribution >= 4 is 44.4 Å². The van der Waals surface area contributed by atoms with Gasteiger partial charge in [-0.15, -0.1) is 0 Å². The van der Waals surface area contributed by atoms with Gasteiger partial charge >= 0.3 is 0 Å². The molecule has 2 rings (SSSR count). The lowest BCUT2D eigenvalue weighted by molar-refractivity contribution is -0.117. The van der Waals surface area contributed by atoms with Gasteiger partial charge in [0, 0.05) is 35.8 Å². The third-order valence-electron chi connectivity index (χ3n) is 3.44. The van der Waals surface area contributed by atoms with E-state index >= 15 is 0 Å². The second-order valence-electron chi connectivity index (χ2n) is 5.00. The van der Waals surface area contributed by atoms with E-state index in [0.29, 0.717) is 13.0 Å². The van der Waals surface area contributed by atoms with Gasteiger partial charge in [0.2, 0.25) is 5.91 Å². The molecule has 1 amide bonds. The van der Waals surface area contributed by atoms with Crippen LogP contribution in [0.15, 0.2) is 22.7 Å². The van der Waals surface area contributed by atoms with Gasteiger partial charge in [0.05, 0.1) is 0 Å². The molecule has 1 aromatic rings. The van der Waals surface area contributed by atoms with E-state index in [2.05, 4.69) is 28.9 Å². The molecule has 3 nitrogen and oxygen atoms in total. The van der Waals surface area contributed by atoms with Crippen molar-refractivity contribution in [2.24, 2.45) is 5.92 Å². The highest BCUT2D eigenvalue weighted by atomic mass is 79.9. The van der Waals surface area contributed by atoms with Gasteiger partial charge in [-0.3, -0.25) is 9.59 Å². The number of anilines is 1. The van der Waals surface area contributed by atoms with Crippen molar-refractivity contribution in [3.8, 4) is 0 Å². The Morgan fingerprint density at radius 1 is 1.50 bits per heavy atom. The van der Waals surface area contributed by atoms with Crippen LogP contribution in [0.2, 0.25) is 0 Å². The lowest BCUT2D eigenvalue weighted by Gasteiger charge is -2.20. The van der Waals surface area contributed by atoms with Crippen molar-refractivity contribution in [3.05, 3.63) is 28.2 Å². The minimum absolute atomic E-state index is 0.119. The first-order chi connectivity index (χ1) is 9.51. The zero-order valence-electron chi connectivity index (χ0n) is 11.7. The van der Waals surface area contributed by atoms with Crippen LogP contribution < -0.4 is 4.90 Å². The third kappa shape index (κ3) is 3.64. The number of nitrogens with zero attached hydrogens (tertiary/aromatic N) is 1. The number of hydrogen-bond acceptors (Lipinski definition) is 3. The average Bonchev–Trinajstić information content (AvgIpc) is 2.77. The number of rotatable bonds is 4. The summed E-state index contributed by atoms with van der Waals surface area (Å²) in [5.74, 6) is 1.16. The summed E-state index contributed by atoms with van der Waals surface area (Å²) in [6.45, 7) is 4.38. The second kappa shape index (κ2) is 6.76. The largest absolute Gasteiger partial charge is 0.312 e. The van der Waals surface area contributed by atoms with E-state index in [1.807, 2.05) is 17.0 Å². The van der Waals surface area contributed by atoms with Gasteiger partial charge in [-0.05, 0) is 36.1 Å². The summed E-state index contributed by atoms with van der Waals surface area (Å²) in [7, 11) is 0. The highest BCUT2D eigenvalue weighted by molar-refractivity contribution is 9.10. The van der Waals surface area contributed by atoms with Crippen LogP contribution in [-0.4, -0.2) is 23.3 Å². The first-order valence-electron chi connectivity index (χ1n) is 6.73. The molecule has 0 saturated carbocycles. The number of thioether (sulfide) groups is 1. The summed E-state index contributed by atoms with van der Waals surface area (Å²) >= 11 is 4.78. The van der Waals surface area contributed by atoms with Crippen LogP contribution in [0.5, 0.6) is 0 Å². The SMILES string of the molecule is CCc1cc(Br)ccc1N1CC(CSC(C)=O)CC1=O. The fourth-order valence-electron chi connectivity index (χ4n) is 2.46. The van der Waals surface area contributed by atoms with Crippen LogP contribution in [0.1, 0.15) is 25.8 Å². The standard InChI is InChI=1S/C15H18BrNO2S/c1-3-12-7-13(16)4-5-14(12)17-8-11(6-15(17)19)9-20-10(2)18/h4-5,7,11H,3,6,8-9H2,1-2H3. The quantitative estimate of drug-likeness (QED) is 0.827. The van der Waals surface area contributed by atoms with Gasteiger partial charge in [0.1, 0.15) is 0 Å². The number of carbonyl (C=O) groups is 2. The van der Waals surface area contributed by atoms with Gasteiger partial charge in [0.15, 0.2) is 5.12 Å². The van der Waals surface area contributed by atoms with Gasteiger partial charge in [-0.25, -0.2) is 0 Å². The van der Waals surface area contributed by atoms with Crippen LogP contribution in [0, 0.1) is 5.92 Å². The molecule has 1 aliphatic heterocycles. The highest BCUT2D eigenvalue weighted by Gasteiger charge is 2.31. The fraction of sp³-hybridized carbons (Fsp3) is 0.467. The lowest BCUT2D eigenvalue weighted by atomic mass is 10.1. The van der Waals surface area contributed by atoms with Crippen molar-refractivity contribution < 1.29 is 9.59 Å². The fourth-order valence-corrected chi connectivity index (χ4v) is 3.56. The molecule has 5 heteroatoms. The van der Waals surface area contributed by atoms with Crippen molar-refractivity contribution in [2.75, 3.05) is 17.2 Å². The Bertz CT molecular complexity index is 533. The summed E-state index contributed by atoms with van der Waals surface area (Å²) in [5, 5.41) is 0.119. The second-order valence-corrected chi connectivity index (χ2v) is 7.12. The molecule has 20 heavy (non-hydrogen) atoms. The number of hydrogen-bond donors (Lipinski definition) is 0. The molecular weight excluding hydrogens is 338 g/mol. The van der Waals surface area contributed by atoms with E-state index < -0.39 is 0 Å². The minimum Gasteiger partial charge on any atom is -0.312 e. The maximum absolute atomic E-state index is 12.2. The Morgan fingerprint density at radius 3 is 2.90 bits per heavy atom. The van der Waals surface area contributed by atoms with Crippen LogP contribution in [0.4, 0.5) is 5.69 Å². The molecule has 1 aliphatic rings. The third-order valence-corrected chi connectivity index (χ3v) is 4.98. The lowest BCUT2D eigenvalue weighted by Crippen LogP contribution is -2.25. The molecule has 0 aromatic heterocycles. The molecule has 1 heterocycles.